The average Bonchev–Trinajstić information content (AvgIpc) is 3.09. The molecule has 1 heterocycles. The van der Waals surface area contributed by atoms with Crippen molar-refractivity contribution >= 4 is 34.4 Å². The lowest BCUT2D eigenvalue weighted by Gasteiger charge is -2.15. The van der Waals surface area contributed by atoms with Crippen molar-refractivity contribution in [3.63, 3.8) is 0 Å². The number of anilines is 3. The van der Waals surface area contributed by atoms with E-state index in [-0.39, 0.29) is 5.91 Å². The van der Waals surface area contributed by atoms with E-state index in [2.05, 4.69) is 15.5 Å². The maximum atomic E-state index is 12.4. The summed E-state index contributed by atoms with van der Waals surface area (Å²) < 4.78 is 0. The van der Waals surface area contributed by atoms with Crippen LogP contribution in [0.15, 0.2) is 83.0 Å². The molecule has 0 saturated heterocycles. The zero-order chi connectivity index (χ0) is 22.0. The third-order valence-electron chi connectivity index (χ3n) is 5.21. The Hall–Kier alpha value is -3.93. The number of nitrogens with one attached hydrogen (secondary N) is 1. The second kappa shape index (κ2) is 8.44. The normalized spacial score (nSPS) is 13.5. The molecule has 4 rings (SSSR count). The van der Waals surface area contributed by atoms with Gasteiger partial charge in [-0.2, -0.15) is 0 Å². The van der Waals surface area contributed by atoms with E-state index in [0.717, 1.165) is 33.8 Å². The van der Waals surface area contributed by atoms with Gasteiger partial charge in [0.2, 0.25) is 0 Å². The Morgan fingerprint density at radius 1 is 0.742 bits per heavy atom. The Bertz CT molecular complexity index is 1110. The lowest BCUT2D eigenvalue weighted by molar-refractivity contribution is -0.110. The number of rotatable bonds is 5. The molecule has 31 heavy (non-hydrogen) atoms. The van der Waals surface area contributed by atoms with Gasteiger partial charge in [0.15, 0.2) is 5.71 Å². The maximum absolute atomic E-state index is 12.4. The fourth-order valence-corrected chi connectivity index (χ4v) is 3.42. The molecule has 0 atom stereocenters. The van der Waals surface area contributed by atoms with Gasteiger partial charge in [0, 0.05) is 56.3 Å². The minimum atomic E-state index is -0.241. The fourth-order valence-electron chi connectivity index (χ4n) is 3.42. The number of fused-ring (bicyclic) bond motifs is 1. The quantitative estimate of drug-likeness (QED) is 0.510. The molecule has 0 saturated carbocycles. The van der Waals surface area contributed by atoms with Crippen LogP contribution >= 0.6 is 0 Å². The highest BCUT2D eigenvalue weighted by Gasteiger charge is 2.25. The predicted molar refractivity (Wildman–Crippen MR) is 129 cm³/mol. The van der Waals surface area contributed by atoms with Crippen molar-refractivity contribution in [1.29, 1.82) is 0 Å². The van der Waals surface area contributed by atoms with Gasteiger partial charge in [-0.3, -0.25) is 4.79 Å². The lowest BCUT2D eigenvalue weighted by Crippen LogP contribution is -2.14. The predicted octanol–water partition coefficient (Wildman–Crippen LogP) is 4.01. The molecular formula is C25H25N5O. The van der Waals surface area contributed by atoms with Crippen molar-refractivity contribution in [1.82, 2.24) is 0 Å². The van der Waals surface area contributed by atoms with Crippen LogP contribution in [0.3, 0.4) is 0 Å². The van der Waals surface area contributed by atoms with E-state index in [4.69, 9.17) is 0 Å². The topological polar surface area (TPSA) is 60.3 Å². The van der Waals surface area contributed by atoms with Gasteiger partial charge in [0.25, 0.3) is 5.91 Å². The van der Waals surface area contributed by atoms with E-state index < -0.39 is 0 Å². The Morgan fingerprint density at radius 2 is 1.26 bits per heavy atom. The molecule has 156 valence electrons. The number of para-hydroxylation sites is 1. The first-order valence-electron chi connectivity index (χ1n) is 10.1. The van der Waals surface area contributed by atoms with Crippen LogP contribution < -0.4 is 15.1 Å². The summed E-state index contributed by atoms with van der Waals surface area (Å²) >= 11 is 0. The first-order valence-corrected chi connectivity index (χ1v) is 10.1. The van der Waals surface area contributed by atoms with Crippen molar-refractivity contribution < 1.29 is 4.79 Å². The minimum Gasteiger partial charge on any atom is -0.378 e. The van der Waals surface area contributed by atoms with Crippen LogP contribution in [-0.4, -0.2) is 45.5 Å². The van der Waals surface area contributed by atoms with Gasteiger partial charge in [0.05, 0.1) is 5.69 Å². The average molecular weight is 412 g/mol. The Balaban J connectivity index is 1.79. The monoisotopic (exact) mass is 411 g/mol. The SMILES string of the molecule is CN(C)c1ccc(C(=N/N=C2\C(=O)Nc3ccccc32)c2ccc(N(C)C)cc2)cc1. The summed E-state index contributed by atoms with van der Waals surface area (Å²) in [7, 11) is 8.02. The molecule has 6 nitrogen and oxygen atoms in total. The number of hydrogen-bond donors (Lipinski definition) is 1. The first-order chi connectivity index (χ1) is 14.9. The summed E-state index contributed by atoms with van der Waals surface area (Å²) in [5.41, 5.74) is 6.61. The largest absolute Gasteiger partial charge is 0.378 e. The zero-order valence-corrected chi connectivity index (χ0v) is 18.1. The number of carbonyl (C=O) groups is 1. The molecule has 6 heteroatoms. The highest BCUT2D eigenvalue weighted by Crippen LogP contribution is 2.24. The maximum Gasteiger partial charge on any atom is 0.276 e. The van der Waals surface area contributed by atoms with Crippen molar-refractivity contribution in [3.8, 4) is 0 Å². The molecular weight excluding hydrogens is 386 g/mol. The number of amides is 1. The lowest BCUT2D eigenvalue weighted by atomic mass is 10.0. The number of hydrogen-bond acceptors (Lipinski definition) is 5. The van der Waals surface area contributed by atoms with Gasteiger partial charge in [-0.05, 0) is 30.3 Å². The van der Waals surface area contributed by atoms with Gasteiger partial charge in [-0.25, -0.2) is 0 Å². The molecule has 0 fully saturated rings. The van der Waals surface area contributed by atoms with Crippen LogP contribution in [0, 0.1) is 0 Å². The number of nitrogens with zero attached hydrogens (tertiary/aromatic N) is 4. The number of benzene rings is 3. The molecule has 1 aliphatic rings. The summed E-state index contributed by atoms with van der Waals surface area (Å²) in [6.45, 7) is 0. The molecule has 1 amide bonds. The summed E-state index contributed by atoms with van der Waals surface area (Å²) in [5, 5.41) is 11.8. The molecule has 0 radical (unpaired) electrons. The van der Waals surface area contributed by atoms with Crippen molar-refractivity contribution in [2.75, 3.05) is 43.3 Å². The Morgan fingerprint density at radius 3 is 1.77 bits per heavy atom. The van der Waals surface area contributed by atoms with E-state index in [1.54, 1.807) is 0 Å². The van der Waals surface area contributed by atoms with Crippen LogP contribution in [-0.2, 0) is 4.79 Å². The highest BCUT2D eigenvalue weighted by atomic mass is 16.2. The molecule has 0 spiro atoms. The molecule has 3 aromatic rings. The summed E-state index contributed by atoms with van der Waals surface area (Å²) in [4.78, 5) is 16.5. The molecule has 3 aromatic carbocycles. The summed E-state index contributed by atoms with van der Waals surface area (Å²) in [6, 6.07) is 23.8. The van der Waals surface area contributed by atoms with E-state index in [0.29, 0.717) is 11.4 Å². The molecule has 0 aromatic heterocycles. The van der Waals surface area contributed by atoms with Crippen molar-refractivity contribution in [2.24, 2.45) is 10.2 Å². The van der Waals surface area contributed by atoms with Crippen molar-refractivity contribution in [3.05, 3.63) is 89.5 Å². The van der Waals surface area contributed by atoms with E-state index in [1.165, 1.54) is 0 Å². The molecule has 0 unspecified atom stereocenters. The highest BCUT2D eigenvalue weighted by molar-refractivity contribution is 6.53. The van der Waals surface area contributed by atoms with Gasteiger partial charge < -0.3 is 15.1 Å². The Kier molecular flexibility index (Phi) is 5.54. The molecule has 1 aliphatic heterocycles. The number of carbonyl (C=O) groups excluding carboxylic acids is 1. The van der Waals surface area contributed by atoms with Crippen LogP contribution in [0.2, 0.25) is 0 Å². The van der Waals surface area contributed by atoms with E-state index >= 15 is 0 Å². The van der Waals surface area contributed by atoms with Gasteiger partial charge in [0.1, 0.15) is 5.71 Å². The minimum absolute atomic E-state index is 0.241. The van der Waals surface area contributed by atoms with Gasteiger partial charge >= 0.3 is 0 Å². The third kappa shape index (κ3) is 4.19. The molecule has 1 N–H and O–H groups in total. The first kappa shape index (κ1) is 20.3. The van der Waals surface area contributed by atoms with Crippen LogP contribution in [0.4, 0.5) is 17.1 Å². The second-order valence-electron chi connectivity index (χ2n) is 7.78. The van der Waals surface area contributed by atoms with Gasteiger partial charge in [-0.1, -0.05) is 42.5 Å². The molecule has 0 aliphatic carbocycles. The fraction of sp³-hybridized carbons (Fsp3) is 0.160. The smallest absolute Gasteiger partial charge is 0.276 e. The molecule has 0 bridgehead atoms. The Labute approximate surface area is 182 Å². The summed E-state index contributed by atoms with van der Waals surface area (Å²) in [6.07, 6.45) is 0. The zero-order valence-electron chi connectivity index (χ0n) is 18.1. The second-order valence-corrected chi connectivity index (χ2v) is 7.78. The van der Waals surface area contributed by atoms with Crippen LogP contribution in [0.25, 0.3) is 0 Å². The van der Waals surface area contributed by atoms with Gasteiger partial charge in [-0.15, -0.1) is 10.2 Å². The third-order valence-corrected chi connectivity index (χ3v) is 5.21. The van der Waals surface area contributed by atoms with Crippen molar-refractivity contribution in [2.45, 2.75) is 0 Å². The van der Waals surface area contributed by atoms with Crippen LogP contribution in [0.1, 0.15) is 16.7 Å². The standard InChI is InChI=1S/C25H25N5O/c1-29(2)19-13-9-17(10-14-19)23(18-11-15-20(16-12-18)30(3)4)27-28-24-21-7-5-6-8-22(21)26-25(24)31/h5-16H,1-4H3,(H,26,28,31). The van der Waals surface area contributed by atoms with Crippen LogP contribution in [0.5, 0.6) is 0 Å². The van der Waals surface area contributed by atoms with E-state index in [1.807, 2.05) is 111 Å². The van der Waals surface area contributed by atoms with E-state index in [9.17, 15) is 4.79 Å². The summed E-state index contributed by atoms with van der Waals surface area (Å²) in [5.74, 6) is -0.241.